The second-order valence-corrected chi connectivity index (χ2v) is 3.66. The minimum absolute atomic E-state index is 0.111. The number of phenols is 1. The fourth-order valence-electron chi connectivity index (χ4n) is 1.42. The van der Waals surface area contributed by atoms with Crippen LogP contribution in [0.15, 0.2) is 18.2 Å². The van der Waals surface area contributed by atoms with Crippen LogP contribution in [0.1, 0.15) is 12.5 Å². The molecule has 5 heteroatoms. The highest BCUT2D eigenvalue weighted by molar-refractivity contribution is 5.45. The van der Waals surface area contributed by atoms with Crippen molar-refractivity contribution < 1.29 is 20.1 Å². The molecule has 0 aliphatic carbocycles. The van der Waals surface area contributed by atoms with E-state index in [1.807, 2.05) is 6.92 Å². The maximum atomic E-state index is 9.87. The van der Waals surface area contributed by atoms with E-state index >= 15 is 0 Å². The zero-order valence-electron chi connectivity index (χ0n) is 9.89. The van der Waals surface area contributed by atoms with Gasteiger partial charge in [-0.3, -0.25) is 0 Å². The van der Waals surface area contributed by atoms with Crippen molar-refractivity contribution in [1.82, 2.24) is 5.32 Å². The molecule has 4 N–H and O–H groups in total. The van der Waals surface area contributed by atoms with Crippen LogP contribution in [0.4, 0.5) is 0 Å². The van der Waals surface area contributed by atoms with E-state index in [-0.39, 0.29) is 18.9 Å². The summed E-state index contributed by atoms with van der Waals surface area (Å²) in [5.74, 6) is 0.565. The SMILES string of the molecule is CCOc1cccc(CNCC(O)CO)c1O. The van der Waals surface area contributed by atoms with Gasteiger partial charge in [0, 0.05) is 18.7 Å². The van der Waals surface area contributed by atoms with Crippen molar-refractivity contribution >= 4 is 0 Å². The third-order valence-corrected chi connectivity index (χ3v) is 2.29. The summed E-state index contributed by atoms with van der Waals surface area (Å²) in [6.07, 6.45) is -0.785. The Morgan fingerprint density at radius 2 is 2.18 bits per heavy atom. The number of nitrogens with one attached hydrogen (secondary N) is 1. The number of aromatic hydroxyl groups is 1. The molecule has 1 unspecified atom stereocenters. The number of aliphatic hydroxyl groups excluding tert-OH is 2. The van der Waals surface area contributed by atoms with Gasteiger partial charge in [0.2, 0.25) is 0 Å². The highest BCUT2D eigenvalue weighted by Crippen LogP contribution is 2.29. The molecular weight excluding hydrogens is 222 g/mol. The number of hydrogen-bond acceptors (Lipinski definition) is 5. The Hall–Kier alpha value is -1.30. The maximum Gasteiger partial charge on any atom is 0.162 e. The van der Waals surface area contributed by atoms with Gasteiger partial charge in [-0.25, -0.2) is 0 Å². The van der Waals surface area contributed by atoms with Crippen molar-refractivity contribution in [1.29, 1.82) is 0 Å². The molecule has 5 nitrogen and oxygen atoms in total. The van der Waals surface area contributed by atoms with Crippen molar-refractivity contribution in [2.45, 2.75) is 19.6 Å². The molecule has 0 aliphatic rings. The first-order chi connectivity index (χ1) is 8.19. The zero-order valence-corrected chi connectivity index (χ0v) is 9.89. The van der Waals surface area contributed by atoms with E-state index in [0.29, 0.717) is 24.5 Å². The van der Waals surface area contributed by atoms with Gasteiger partial charge in [0.25, 0.3) is 0 Å². The zero-order chi connectivity index (χ0) is 12.7. The molecule has 0 radical (unpaired) electrons. The lowest BCUT2D eigenvalue weighted by Gasteiger charge is -2.12. The average molecular weight is 241 g/mol. The van der Waals surface area contributed by atoms with Crippen LogP contribution in [0.3, 0.4) is 0 Å². The Kier molecular flexibility index (Phi) is 5.76. The standard InChI is InChI=1S/C12H19NO4/c1-2-17-11-5-3-4-9(12(11)16)6-13-7-10(15)8-14/h3-5,10,13-16H,2,6-8H2,1H3. The van der Waals surface area contributed by atoms with Crippen LogP contribution in [-0.4, -0.2) is 41.2 Å². The Morgan fingerprint density at radius 3 is 2.82 bits per heavy atom. The molecule has 0 heterocycles. The summed E-state index contributed by atoms with van der Waals surface area (Å²) in [4.78, 5) is 0. The fourth-order valence-corrected chi connectivity index (χ4v) is 1.42. The van der Waals surface area contributed by atoms with Crippen molar-refractivity contribution in [3.63, 3.8) is 0 Å². The highest BCUT2D eigenvalue weighted by Gasteiger charge is 2.08. The largest absolute Gasteiger partial charge is 0.504 e. The van der Waals surface area contributed by atoms with Gasteiger partial charge < -0.3 is 25.4 Å². The smallest absolute Gasteiger partial charge is 0.162 e. The lowest BCUT2D eigenvalue weighted by molar-refractivity contribution is 0.0941. The number of ether oxygens (including phenoxy) is 1. The van der Waals surface area contributed by atoms with Crippen LogP contribution >= 0.6 is 0 Å². The predicted molar refractivity (Wildman–Crippen MR) is 64.1 cm³/mol. The number of para-hydroxylation sites is 1. The molecule has 1 rings (SSSR count). The summed E-state index contributed by atoms with van der Waals surface area (Å²) in [5.41, 5.74) is 0.695. The van der Waals surface area contributed by atoms with Crippen molar-refractivity contribution in [3.8, 4) is 11.5 Å². The number of rotatable bonds is 7. The predicted octanol–water partition coefficient (Wildman–Crippen LogP) is 0.234. The van der Waals surface area contributed by atoms with Crippen LogP contribution in [0, 0.1) is 0 Å². The van der Waals surface area contributed by atoms with Crippen LogP contribution in [-0.2, 0) is 6.54 Å². The van der Waals surface area contributed by atoms with E-state index < -0.39 is 6.10 Å². The van der Waals surface area contributed by atoms with Gasteiger partial charge in [-0.2, -0.15) is 0 Å². The van der Waals surface area contributed by atoms with Gasteiger partial charge in [-0.05, 0) is 13.0 Å². The van der Waals surface area contributed by atoms with Crippen molar-refractivity contribution in [3.05, 3.63) is 23.8 Å². The second-order valence-electron chi connectivity index (χ2n) is 3.66. The summed E-state index contributed by atoms with van der Waals surface area (Å²) < 4.78 is 5.26. The lowest BCUT2D eigenvalue weighted by Crippen LogP contribution is -2.28. The van der Waals surface area contributed by atoms with Gasteiger partial charge in [0.05, 0.1) is 19.3 Å². The summed E-state index contributed by atoms with van der Waals surface area (Å²) in [6, 6.07) is 5.27. The van der Waals surface area contributed by atoms with Crippen LogP contribution < -0.4 is 10.1 Å². The van der Waals surface area contributed by atoms with Crippen LogP contribution in [0.2, 0.25) is 0 Å². The fraction of sp³-hybridized carbons (Fsp3) is 0.500. The molecule has 1 aromatic carbocycles. The Labute approximate surface area is 101 Å². The average Bonchev–Trinajstić information content (AvgIpc) is 2.33. The van der Waals surface area contributed by atoms with Gasteiger partial charge >= 0.3 is 0 Å². The number of hydrogen-bond donors (Lipinski definition) is 4. The molecule has 0 saturated heterocycles. The Morgan fingerprint density at radius 1 is 1.41 bits per heavy atom. The van der Waals surface area contributed by atoms with Crippen LogP contribution in [0.25, 0.3) is 0 Å². The van der Waals surface area contributed by atoms with Gasteiger partial charge in [-0.15, -0.1) is 0 Å². The molecule has 0 saturated carbocycles. The number of aliphatic hydroxyl groups is 2. The number of benzene rings is 1. The molecule has 1 aromatic rings. The van der Waals surface area contributed by atoms with Crippen LogP contribution in [0.5, 0.6) is 11.5 Å². The normalized spacial score (nSPS) is 12.4. The molecular formula is C12H19NO4. The van der Waals surface area contributed by atoms with Crippen molar-refractivity contribution in [2.24, 2.45) is 0 Å². The van der Waals surface area contributed by atoms with E-state index in [0.717, 1.165) is 0 Å². The third-order valence-electron chi connectivity index (χ3n) is 2.29. The first-order valence-electron chi connectivity index (χ1n) is 5.62. The van der Waals surface area contributed by atoms with Crippen molar-refractivity contribution in [2.75, 3.05) is 19.8 Å². The summed E-state index contributed by atoms with van der Waals surface area (Å²) in [7, 11) is 0. The van der Waals surface area contributed by atoms with E-state index in [4.69, 9.17) is 14.9 Å². The van der Waals surface area contributed by atoms with E-state index in [1.54, 1.807) is 18.2 Å². The van der Waals surface area contributed by atoms with E-state index in [2.05, 4.69) is 5.32 Å². The van der Waals surface area contributed by atoms with E-state index in [9.17, 15) is 5.11 Å². The second kappa shape index (κ2) is 7.11. The van der Waals surface area contributed by atoms with Gasteiger partial charge in [0.15, 0.2) is 11.5 Å². The minimum Gasteiger partial charge on any atom is -0.504 e. The molecule has 1 atom stereocenters. The summed E-state index contributed by atoms with van der Waals surface area (Å²) >= 11 is 0. The first kappa shape index (κ1) is 13.8. The van der Waals surface area contributed by atoms with Gasteiger partial charge in [-0.1, -0.05) is 12.1 Å². The minimum atomic E-state index is -0.785. The summed E-state index contributed by atoms with van der Waals surface area (Å²) in [6.45, 7) is 2.74. The quantitative estimate of drug-likeness (QED) is 0.549. The molecule has 0 bridgehead atoms. The first-order valence-corrected chi connectivity index (χ1v) is 5.62. The van der Waals surface area contributed by atoms with Gasteiger partial charge in [0.1, 0.15) is 0 Å². The topological polar surface area (TPSA) is 82.0 Å². The molecule has 96 valence electrons. The molecule has 0 amide bonds. The third kappa shape index (κ3) is 4.22. The number of phenolic OH excluding ortho intramolecular Hbond substituents is 1. The lowest BCUT2D eigenvalue weighted by atomic mass is 10.2. The molecule has 0 fully saturated rings. The molecule has 0 aromatic heterocycles. The molecule has 0 spiro atoms. The maximum absolute atomic E-state index is 9.87. The van der Waals surface area contributed by atoms with E-state index in [1.165, 1.54) is 0 Å². The monoisotopic (exact) mass is 241 g/mol. The Bertz CT molecular complexity index is 343. The summed E-state index contributed by atoms with van der Waals surface area (Å²) in [5, 5.41) is 30.6. The Balaban J connectivity index is 2.56. The highest BCUT2D eigenvalue weighted by atomic mass is 16.5. The molecule has 17 heavy (non-hydrogen) atoms. The molecule has 0 aliphatic heterocycles.